The van der Waals surface area contributed by atoms with Crippen molar-refractivity contribution in [2.45, 2.75) is 45.6 Å². The summed E-state index contributed by atoms with van der Waals surface area (Å²) in [7, 11) is 0. The number of allylic oxidation sites excluding steroid dienone is 2. The number of phenolic OH excluding ortho intramolecular Hbond substituents is 1. The van der Waals surface area contributed by atoms with E-state index in [2.05, 4.69) is 5.32 Å². The Hall–Kier alpha value is -4.20. The van der Waals surface area contributed by atoms with Crippen molar-refractivity contribution in [3.05, 3.63) is 101 Å². The number of nitrogens with one attached hydrogen (secondary N) is 1. The highest BCUT2D eigenvalue weighted by Gasteiger charge is 2.55. The molecule has 3 aromatic rings. The first kappa shape index (κ1) is 29.3. The van der Waals surface area contributed by atoms with Crippen molar-refractivity contribution in [1.82, 2.24) is 0 Å². The van der Waals surface area contributed by atoms with Gasteiger partial charge in [-0.3, -0.25) is 14.5 Å². The smallest absolute Gasteiger partial charge is 0.238 e. The fraction of sp³-hybridized carbons (Fsp3) is 0.314. The number of benzene rings is 3. The minimum absolute atomic E-state index is 0.209. The van der Waals surface area contributed by atoms with Crippen LogP contribution in [0.1, 0.15) is 45.1 Å². The monoisotopic (exact) mass is 566 g/mol. The van der Waals surface area contributed by atoms with E-state index in [-0.39, 0.29) is 24.2 Å². The van der Waals surface area contributed by atoms with Gasteiger partial charge in [0.2, 0.25) is 11.8 Å². The Morgan fingerprint density at radius 2 is 1.64 bits per heavy atom. The SMILES string of the molecule is CCC1=C([C@H](O)CC/C(C)=C/c2ccc(O)cc2)[C@H](CO)[C@@H]2C(=O)N(c3ccc(Nc4ccccc4)cc3)C(=O)[C@@H]2C1. The van der Waals surface area contributed by atoms with Crippen molar-refractivity contribution in [2.24, 2.45) is 17.8 Å². The molecule has 0 bridgehead atoms. The molecule has 5 rings (SSSR count). The number of aliphatic hydroxyl groups excluding tert-OH is 2. The summed E-state index contributed by atoms with van der Waals surface area (Å²) >= 11 is 0. The lowest BCUT2D eigenvalue weighted by Crippen LogP contribution is -2.39. The molecule has 2 amide bonds. The fourth-order valence-corrected chi connectivity index (χ4v) is 6.38. The van der Waals surface area contributed by atoms with Gasteiger partial charge in [-0.05, 0) is 92.3 Å². The van der Waals surface area contributed by atoms with E-state index in [4.69, 9.17) is 0 Å². The zero-order valence-corrected chi connectivity index (χ0v) is 24.0. The van der Waals surface area contributed by atoms with Crippen LogP contribution >= 0.6 is 0 Å². The quantitative estimate of drug-likeness (QED) is 0.172. The van der Waals surface area contributed by atoms with Crippen molar-refractivity contribution >= 4 is 35.0 Å². The minimum atomic E-state index is -0.832. The summed E-state index contributed by atoms with van der Waals surface area (Å²) in [6, 6.07) is 23.9. The molecule has 1 aliphatic heterocycles. The van der Waals surface area contributed by atoms with Crippen molar-refractivity contribution in [3.63, 3.8) is 0 Å². The second-order valence-electron chi connectivity index (χ2n) is 11.2. The molecule has 0 spiro atoms. The molecule has 0 saturated carbocycles. The zero-order chi connectivity index (χ0) is 29.8. The fourth-order valence-electron chi connectivity index (χ4n) is 6.38. The molecule has 0 aromatic heterocycles. The van der Waals surface area contributed by atoms with E-state index in [1.165, 1.54) is 4.90 Å². The second kappa shape index (κ2) is 12.8. The van der Waals surface area contributed by atoms with Gasteiger partial charge >= 0.3 is 0 Å². The number of amides is 2. The standard InChI is InChI=1S/C35H38N2O5/c1-3-24-20-29-33(30(21-38)32(24)31(40)18-9-22(2)19-23-10-16-28(39)17-11-23)35(42)37(34(29)41)27-14-12-26(13-15-27)36-25-7-5-4-6-8-25/h4-8,10-17,19,29-31,33,36,38-40H,3,9,18,20-21H2,1-2H3/b22-19+/t29-,30+,31-,33-/m1/s1. The van der Waals surface area contributed by atoms with Gasteiger partial charge in [0.25, 0.3) is 0 Å². The van der Waals surface area contributed by atoms with Crippen LogP contribution in [-0.4, -0.2) is 39.8 Å². The van der Waals surface area contributed by atoms with Crippen LogP contribution in [0, 0.1) is 17.8 Å². The first-order valence-corrected chi connectivity index (χ1v) is 14.6. The predicted molar refractivity (Wildman–Crippen MR) is 165 cm³/mol. The Morgan fingerprint density at radius 3 is 2.29 bits per heavy atom. The lowest BCUT2D eigenvalue weighted by atomic mass is 9.67. The van der Waals surface area contributed by atoms with E-state index in [0.717, 1.165) is 28.1 Å². The van der Waals surface area contributed by atoms with Gasteiger partial charge in [0.1, 0.15) is 5.75 Å². The van der Waals surface area contributed by atoms with Gasteiger partial charge in [0.15, 0.2) is 0 Å². The highest BCUT2D eigenvalue weighted by Crippen LogP contribution is 2.48. The molecular weight excluding hydrogens is 528 g/mol. The summed E-state index contributed by atoms with van der Waals surface area (Å²) < 4.78 is 0. The molecule has 4 atom stereocenters. The number of imide groups is 1. The number of hydrogen-bond acceptors (Lipinski definition) is 6. The van der Waals surface area contributed by atoms with Crippen LogP contribution in [0.5, 0.6) is 5.75 Å². The average Bonchev–Trinajstić information content (AvgIpc) is 3.25. The van der Waals surface area contributed by atoms with Crippen molar-refractivity contribution in [3.8, 4) is 5.75 Å². The van der Waals surface area contributed by atoms with E-state index in [1.807, 2.05) is 74.5 Å². The summed E-state index contributed by atoms with van der Waals surface area (Å²) in [6.07, 6.45) is 3.28. The average molecular weight is 567 g/mol. The minimum Gasteiger partial charge on any atom is -0.508 e. The predicted octanol–water partition coefficient (Wildman–Crippen LogP) is 6.20. The summed E-state index contributed by atoms with van der Waals surface area (Å²) in [5.41, 5.74) is 5.97. The molecule has 218 valence electrons. The summed E-state index contributed by atoms with van der Waals surface area (Å²) in [5, 5.41) is 34.8. The van der Waals surface area contributed by atoms with E-state index < -0.39 is 23.9 Å². The van der Waals surface area contributed by atoms with Crippen LogP contribution in [-0.2, 0) is 9.59 Å². The number of anilines is 3. The highest BCUT2D eigenvalue weighted by molar-refractivity contribution is 6.22. The van der Waals surface area contributed by atoms with Crippen LogP contribution in [0.3, 0.4) is 0 Å². The number of carbonyl (C=O) groups excluding carboxylic acids is 2. The van der Waals surface area contributed by atoms with Gasteiger partial charge in [0.05, 0.1) is 30.2 Å². The number of fused-ring (bicyclic) bond motifs is 1. The molecule has 1 saturated heterocycles. The number of aromatic hydroxyl groups is 1. The maximum Gasteiger partial charge on any atom is 0.238 e. The molecule has 3 aromatic carbocycles. The molecule has 1 heterocycles. The molecular formula is C35H38N2O5. The number of rotatable bonds is 10. The topological polar surface area (TPSA) is 110 Å². The molecule has 4 N–H and O–H groups in total. The van der Waals surface area contributed by atoms with Crippen LogP contribution < -0.4 is 10.2 Å². The largest absolute Gasteiger partial charge is 0.508 e. The Kier molecular flexibility index (Phi) is 8.90. The van der Waals surface area contributed by atoms with Crippen molar-refractivity contribution in [1.29, 1.82) is 0 Å². The Bertz CT molecular complexity index is 1480. The summed E-state index contributed by atoms with van der Waals surface area (Å²) in [4.78, 5) is 28.7. The van der Waals surface area contributed by atoms with Gasteiger partial charge in [0, 0.05) is 17.3 Å². The van der Waals surface area contributed by atoms with E-state index >= 15 is 0 Å². The van der Waals surface area contributed by atoms with Crippen LogP contribution in [0.25, 0.3) is 6.08 Å². The van der Waals surface area contributed by atoms with Gasteiger partial charge in [-0.1, -0.05) is 54.5 Å². The summed E-state index contributed by atoms with van der Waals surface area (Å²) in [5.74, 6) is -2.25. The lowest BCUT2D eigenvalue weighted by Gasteiger charge is -2.36. The number of para-hydroxylation sites is 1. The molecule has 7 heteroatoms. The lowest BCUT2D eigenvalue weighted by molar-refractivity contribution is -0.123. The number of hydrogen-bond donors (Lipinski definition) is 4. The Balaban J connectivity index is 1.32. The second-order valence-corrected chi connectivity index (χ2v) is 11.2. The first-order chi connectivity index (χ1) is 20.3. The number of carbonyl (C=O) groups is 2. The highest BCUT2D eigenvalue weighted by atomic mass is 16.3. The molecule has 7 nitrogen and oxygen atoms in total. The molecule has 1 fully saturated rings. The molecule has 0 unspecified atom stereocenters. The Morgan fingerprint density at radius 1 is 0.976 bits per heavy atom. The number of nitrogens with zero attached hydrogens (tertiary/aromatic N) is 1. The van der Waals surface area contributed by atoms with Crippen LogP contribution in [0.15, 0.2) is 95.6 Å². The van der Waals surface area contributed by atoms with E-state index in [9.17, 15) is 24.9 Å². The van der Waals surface area contributed by atoms with Gasteiger partial charge in [-0.15, -0.1) is 0 Å². The molecule has 42 heavy (non-hydrogen) atoms. The van der Waals surface area contributed by atoms with E-state index in [0.29, 0.717) is 36.9 Å². The normalized spacial score (nSPS) is 21.5. The molecule has 2 aliphatic rings. The van der Waals surface area contributed by atoms with Crippen LogP contribution in [0.2, 0.25) is 0 Å². The summed E-state index contributed by atoms with van der Waals surface area (Å²) in [6.45, 7) is 3.67. The maximum atomic E-state index is 13.8. The van der Waals surface area contributed by atoms with Gasteiger partial charge < -0.3 is 20.6 Å². The van der Waals surface area contributed by atoms with Crippen LogP contribution in [0.4, 0.5) is 17.1 Å². The van der Waals surface area contributed by atoms with Crippen molar-refractivity contribution < 1.29 is 24.9 Å². The molecule has 1 aliphatic carbocycles. The number of phenols is 1. The van der Waals surface area contributed by atoms with Gasteiger partial charge in [-0.2, -0.15) is 0 Å². The third-order valence-corrected chi connectivity index (χ3v) is 8.47. The number of aliphatic hydroxyl groups is 2. The first-order valence-electron chi connectivity index (χ1n) is 14.6. The maximum absolute atomic E-state index is 13.8. The van der Waals surface area contributed by atoms with E-state index in [1.54, 1.807) is 24.3 Å². The Labute approximate surface area is 246 Å². The van der Waals surface area contributed by atoms with Crippen molar-refractivity contribution in [2.75, 3.05) is 16.8 Å². The zero-order valence-electron chi connectivity index (χ0n) is 24.0. The third kappa shape index (κ3) is 6.03. The molecule has 0 radical (unpaired) electrons. The van der Waals surface area contributed by atoms with Gasteiger partial charge in [-0.25, -0.2) is 0 Å². The third-order valence-electron chi connectivity index (χ3n) is 8.47.